The highest BCUT2D eigenvalue weighted by molar-refractivity contribution is 9.10. The summed E-state index contributed by atoms with van der Waals surface area (Å²) in [6.07, 6.45) is 4.95. The Balaban J connectivity index is 1.95. The Hall–Kier alpha value is -2.27. The number of aromatic nitrogens is 1. The fourth-order valence-corrected chi connectivity index (χ4v) is 2.19. The van der Waals surface area contributed by atoms with Crippen LogP contribution in [0.1, 0.15) is 11.1 Å². The maximum absolute atomic E-state index is 11.8. The molecule has 2 aromatic rings. The molecule has 0 N–H and O–H groups in total. The number of cyclic esters (lactones) is 1. The number of hydrogen-bond acceptors (Lipinski definition) is 4. The average Bonchev–Trinajstić information content (AvgIpc) is 2.81. The van der Waals surface area contributed by atoms with E-state index >= 15 is 0 Å². The van der Waals surface area contributed by atoms with Crippen LogP contribution in [0.4, 0.5) is 0 Å². The zero-order valence-electron chi connectivity index (χ0n) is 10.3. The van der Waals surface area contributed by atoms with Gasteiger partial charge in [0.1, 0.15) is 0 Å². The molecular weight excluding hydrogens is 320 g/mol. The molecule has 3 rings (SSSR count). The SMILES string of the molecule is O=C1OC(c2cccnc2)=N/C1=C/c1cccc(Br)c1. The van der Waals surface area contributed by atoms with Crippen LogP contribution in [-0.2, 0) is 9.53 Å². The van der Waals surface area contributed by atoms with Gasteiger partial charge in [-0.15, -0.1) is 0 Å². The highest BCUT2D eigenvalue weighted by Gasteiger charge is 2.24. The van der Waals surface area contributed by atoms with E-state index in [1.54, 1.807) is 30.6 Å². The number of nitrogens with zero attached hydrogens (tertiary/aromatic N) is 2. The lowest BCUT2D eigenvalue weighted by Gasteiger charge is -1.96. The maximum Gasteiger partial charge on any atom is 0.363 e. The number of halogens is 1. The van der Waals surface area contributed by atoms with Crippen LogP contribution in [0.3, 0.4) is 0 Å². The Morgan fingerprint density at radius 2 is 2.10 bits per heavy atom. The number of esters is 1. The molecular formula is C15H9BrN2O2. The first-order valence-electron chi connectivity index (χ1n) is 5.91. The standard InChI is InChI=1S/C15H9BrN2O2/c16-12-5-1-3-10(7-12)8-13-15(19)20-14(18-13)11-4-2-6-17-9-11/h1-9H/b13-8+. The number of pyridine rings is 1. The van der Waals surface area contributed by atoms with Crippen molar-refractivity contribution < 1.29 is 9.53 Å². The maximum atomic E-state index is 11.8. The van der Waals surface area contributed by atoms with Crippen molar-refractivity contribution in [3.05, 3.63) is 70.1 Å². The van der Waals surface area contributed by atoms with Gasteiger partial charge in [-0.2, -0.15) is 0 Å². The predicted molar refractivity (Wildman–Crippen MR) is 79.0 cm³/mol. The number of rotatable bonds is 2. The average molecular weight is 329 g/mol. The summed E-state index contributed by atoms with van der Waals surface area (Å²) in [4.78, 5) is 20.0. The van der Waals surface area contributed by atoms with Crippen molar-refractivity contribution in [1.29, 1.82) is 0 Å². The Morgan fingerprint density at radius 3 is 2.85 bits per heavy atom. The lowest BCUT2D eigenvalue weighted by molar-refractivity contribution is -0.129. The van der Waals surface area contributed by atoms with Crippen molar-refractivity contribution in [1.82, 2.24) is 4.98 Å². The number of carbonyl (C=O) groups excluding carboxylic acids is 1. The molecule has 20 heavy (non-hydrogen) atoms. The number of aliphatic imine (C=N–C) groups is 1. The van der Waals surface area contributed by atoms with Crippen molar-refractivity contribution in [3.8, 4) is 0 Å². The van der Waals surface area contributed by atoms with Crippen molar-refractivity contribution in [2.75, 3.05) is 0 Å². The van der Waals surface area contributed by atoms with Crippen LogP contribution in [0.5, 0.6) is 0 Å². The van der Waals surface area contributed by atoms with Crippen LogP contribution in [-0.4, -0.2) is 16.9 Å². The first kappa shape index (κ1) is 12.7. The van der Waals surface area contributed by atoms with Crippen LogP contribution in [0.15, 0.2) is 64.0 Å². The smallest absolute Gasteiger partial charge is 0.363 e. The molecule has 0 spiro atoms. The lowest BCUT2D eigenvalue weighted by Crippen LogP contribution is -2.05. The zero-order chi connectivity index (χ0) is 13.9. The molecule has 0 radical (unpaired) electrons. The van der Waals surface area contributed by atoms with Crippen molar-refractivity contribution in [2.24, 2.45) is 4.99 Å². The Labute approximate surface area is 124 Å². The van der Waals surface area contributed by atoms with Gasteiger partial charge in [-0.1, -0.05) is 28.1 Å². The summed E-state index contributed by atoms with van der Waals surface area (Å²) in [6, 6.07) is 11.2. The molecule has 2 heterocycles. The highest BCUT2D eigenvalue weighted by atomic mass is 79.9. The van der Waals surface area contributed by atoms with E-state index in [4.69, 9.17) is 4.74 Å². The van der Waals surface area contributed by atoms with E-state index in [0.717, 1.165) is 10.0 Å². The third kappa shape index (κ3) is 2.67. The van der Waals surface area contributed by atoms with Crippen LogP contribution in [0.2, 0.25) is 0 Å². The van der Waals surface area contributed by atoms with E-state index in [0.29, 0.717) is 5.56 Å². The third-order valence-electron chi connectivity index (χ3n) is 2.68. The first-order chi connectivity index (χ1) is 9.72. The van der Waals surface area contributed by atoms with Gasteiger partial charge in [0, 0.05) is 16.9 Å². The van der Waals surface area contributed by atoms with E-state index in [1.807, 2.05) is 24.3 Å². The van der Waals surface area contributed by atoms with E-state index in [2.05, 4.69) is 25.9 Å². The van der Waals surface area contributed by atoms with Gasteiger partial charge in [0.25, 0.3) is 0 Å². The van der Waals surface area contributed by atoms with Gasteiger partial charge in [-0.25, -0.2) is 9.79 Å². The molecule has 0 saturated carbocycles. The molecule has 0 saturated heterocycles. The molecule has 0 amide bonds. The second-order valence-electron chi connectivity index (χ2n) is 4.13. The van der Waals surface area contributed by atoms with E-state index in [9.17, 15) is 4.79 Å². The summed E-state index contributed by atoms with van der Waals surface area (Å²) >= 11 is 3.39. The fraction of sp³-hybridized carbons (Fsp3) is 0. The molecule has 0 atom stereocenters. The molecule has 1 aromatic carbocycles. The Morgan fingerprint density at radius 1 is 1.20 bits per heavy atom. The minimum absolute atomic E-state index is 0.280. The normalized spacial score (nSPS) is 16.1. The first-order valence-corrected chi connectivity index (χ1v) is 6.70. The van der Waals surface area contributed by atoms with E-state index in [-0.39, 0.29) is 11.6 Å². The largest absolute Gasteiger partial charge is 0.402 e. The van der Waals surface area contributed by atoms with Gasteiger partial charge >= 0.3 is 5.97 Å². The van der Waals surface area contributed by atoms with Crippen LogP contribution < -0.4 is 0 Å². The molecule has 0 aliphatic carbocycles. The number of ether oxygens (including phenoxy) is 1. The Bertz CT molecular complexity index is 724. The number of hydrogen-bond donors (Lipinski definition) is 0. The van der Waals surface area contributed by atoms with Crippen LogP contribution in [0.25, 0.3) is 6.08 Å². The molecule has 4 nitrogen and oxygen atoms in total. The molecule has 1 aliphatic heterocycles. The van der Waals surface area contributed by atoms with Crippen LogP contribution in [0, 0.1) is 0 Å². The van der Waals surface area contributed by atoms with Gasteiger partial charge in [-0.05, 0) is 35.9 Å². The minimum atomic E-state index is -0.455. The van der Waals surface area contributed by atoms with Crippen molar-refractivity contribution >= 4 is 33.9 Å². The van der Waals surface area contributed by atoms with Gasteiger partial charge in [-0.3, -0.25) is 4.98 Å². The zero-order valence-corrected chi connectivity index (χ0v) is 11.9. The molecule has 0 bridgehead atoms. The van der Waals surface area contributed by atoms with Crippen molar-refractivity contribution in [2.45, 2.75) is 0 Å². The molecule has 0 unspecified atom stereocenters. The summed E-state index contributed by atoms with van der Waals surface area (Å²) in [5.41, 5.74) is 1.84. The summed E-state index contributed by atoms with van der Waals surface area (Å²) in [6.45, 7) is 0. The number of carbonyl (C=O) groups is 1. The molecule has 1 aromatic heterocycles. The quantitative estimate of drug-likeness (QED) is 0.628. The molecule has 5 heteroatoms. The van der Waals surface area contributed by atoms with Gasteiger partial charge < -0.3 is 4.74 Å². The van der Waals surface area contributed by atoms with E-state index < -0.39 is 5.97 Å². The molecule has 0 fully saturated rings. The summed E-state index contributed by atoms with van der Waals surface area (Å²) in [5, 5.41) is 0. The van der Waals surface area contributed by atoms with E-state index in [1.165, 1.54) is 0 Å². The second-order valence-corrected chi connectivity index (χ2v) is 5.05. The van der Waals surface area contributed by atoms with Gasteiger partial charge in [0.2, 0.25) is 5.90 Å². The lowest BCUT2D eigenvalue weighted by atomic mass is 10.2. The fourth-order valence-electron chi connectivity index (χ4n) is 1.78. The molecule has 1 aliphatic rings. The van der Waals surface area contributed by atoms with Gasteiger partial charge in [0.05, 0.1) is 5.56 Å². The minimum Gasteiger partial charge on any atom is -0.402 e. The predicted octanol–water partition coefficient (Wildman–Crippen LogP) is 3.19. The second kappa shape index (κ2) is 5.38. The molecule has 98 valence electrons. The van der Waals surface area contributed by atoms with Crippen LogP contribution >= 0.6 is 15.9 Å². The summed E-state index contributed by atoms with van der Waals surface area (Å²) in [5.74, 6) is -0.173. The highest BCUT2D eigenvalue weighted by Crippen LogP contribution is 2.20. The van der Waals surface area contributed by atoms with Gasteiger partial charge in [0.15, 0.2) is 5.70 Å². The Kier molecular flexibility index (Phi) is 3.43. The topological polar surface area (TPSA) is 51.5 Å². The summed E-state index contributed by atoms with van der Waals surface area (Å²) in [7, 11) is 0. The number of benzene rings is 1. The third-order valence-corrected chi connectivity index (χ3v) is 3.17. The monoisotopic (exact) mass is 328 g/mol. The van der Waals surface area contributed by atoms with Crippen molar-refractivity contribution in [3.63, 3.8) is 0 Å². The summed E-state index contributed by atoms with van der Waals surface area (Å²) < 4.78 is 6.09.